The molecule has 0 bridgehead atoms. The van der Waals surface area contributed by atoms with Crippen molar-refractivity contribution in [1.29, 1.82) is 0 Å². The summed E-state index contributed by atoms with van der Waals surface area (Å²) < 4.78 is 5.61. The van der Waals surface area contributed by atoms with Crippen molar-refractivity contribution in [2.75, 3.05) is 33.3 Å². The Balaban J connectivity index is 1.55. The summed E-state index contributed by atoms with van der Waals surface area (Å²) in [4.78, 5) is 15.2. The molecule has 0 radical (unpaired) electrons. The first-order valence-corrected chi connectivity index (χ1v) is 10.1. The molecule has 5 heteroatoms. The number of amides is 1. The first-order chi connectivity index (χ1) is 12.7. The Kier molecular flexibility index (Phi) is 7.06. The number of ether oxygens (including phenoxy) is 1. The van der Waals surface area contributed by atoms with Gasteiger partial charge in [0.15, 0.2) is 0 Å². The van der Waals surface area contributed by atoms with Crippen LogP contribution in [-0.2, 0) is 22.6 Å². The Bertz CT molecular complexity index is 576. The zero-order chi connectivity index (χ0) is 18.2. The summed E-state index contributed by atoms with van der Waals surface area (Å²) in [7, 11) is 1.65. The summed E-state index contributed by atoms with van der Waals surface area (Å²) in [6.07, 6.45) is 6.79. The first-order valence-electron chi connectivity index (χ1n) is 10.1. The molecule has 3 rings (SSSR count). The van der Waals surface area contributed by atoms with Gasteiger partial charge in [-0.2, -0.15) is 0 Å². The van der Waals surface area contributed by atoms with Crippen LogP contribution in [0.25, 0.3) is 0 Å². The summed E-state index contributed by atoms with van der Waals surface area (Å²) in [6, 6.07) is 8.62. The summed E-state index contributed by atoms with van der Waals surface area (Å²) >= 11 is 0. The van der Waals surface area contributed by atoms with Crippen molar-refractivity contribution < 1.29 is 9.53 Å². The molecule has 2 aliphatic rings. The second-order valence-electron chi connectivity index (χ2n) is 7.64. The van der Waals surface area contributed by atoms with Crippen LogP contribution in [0.3, 0.4) is 0 Å². The van der Waals surface area contributed by atoms with E-state index in [-0.39, 0.29) is 5.91 Å². The predicted octanol–water partition coefficient (Wildman–Crippen LogP) is 2.45. The number of rotatable bonds is 6. The fourth-order valence-electron chi connectivity index (χ4n) is 4.09. The van der Waals surface area contributed by atoms with E-state index in [9.17, 15) is 4.79 Å². The van der Waals surface area contributed by atoms with Crippen molar-refractivity contribution in [3.05, 3.63) is 35.4 Å². The molecule has 1 amide bonds. The van der Waals surface area contributed by atoms with Crippen molar-refractivity contribution in [3.63, 3.8) is 0 Å². The van der Waals surface area contributed by atoms with Gasteiger partial charge in [0.05, 0.1) is 0 Å². The van der Waals surface area contributed by atoms with Gasteiger partial charge in [-0.3, -0.25) is 9.69 Å². The standard InChI is InChI=1S/C21H33N3O2/c1-26-21(9-11-22-12-10-21)20(25)23-16-18-7-6-8-19(15-18)17-24-13-4-2-3-5-14-24/h6-8,15,22H,2-5,9-14,16-17H2,1H3,(H,23,25). The summed E-state index contributed by atoms with van der Waals surface area (Å²) in [5.41, 5.74) is 1.82. The highest BCUT2D eigenvalue weighted by Gasteiger charge is 2.39. The number of piperidine rings is 1. The molecule has 0 aliphatic carbocycles. The van der Waals surface area contributed by atoms with Crippen LogP contribution in [0.4, 0.5) is 0 Å². The number of hydrogen-bond donors (Lipinski definition) is 2. The molecule has 0 spiro atoms. The molecule has 0 unspecified atom stereocenters. The highest BCUT2D eigenvalue weighted by atomic mass is 16.5. The van der Waals surface area contributed by atoms with E-state index in [0.717, 1.165) is 38.0 Å². The predicted molar refractivity (Wildman–Crippen MR) is 104 cm³/mol. The second kappa shape index (κ2) is 9.49. The zero-order valence-corrected chi connectivity index (χ0v) is 16.1. The molecule has 0 aromatic heterocycles. The van der Waals surface area contributed by atoms with Gasteiger partial charge in [-0.1, -0.05) is 37.1 Å². The van der Waals surface area contributed by atoms with E-state index in [4.69, 9.17) is 4.74 Å². The number of likely N-dealkylation sites (tertiary alicyclic amines) is 1. The summed E-state index contributed by atoms with van der Waals surface area (Å²) in [5, 5.41) is 6.38. The number of nitrogens with one attached hydrogen (secondary N) is 2. The molecule has 1 aromatic rings. The average Bonchev–Trinajstić information content (AvgIpc) is 2.95. The van der Waals surface area contributed by atoms with Gasteiger partial charge in [-0.05, 0) is 63.0 Å². The molecule has 2 N–H and O–H groups in total. The van der Waals surface area contributed by atoms with Gasteiger partial charge >= 0.3 is 0 Å². The lowest BCUT2D eigenvalue weighted by Gasteiger charge is -2.34. The molecular weight excluding hydrogens is 326 g/mol. The van der Waals surface area contributed by atoms with Crippen LogP contribution >= 0.6 is 0 Å². The van der Waals surface area contributed by atoms with Gasteiger partial charge in [0, 0.05) is 20.2 Å². The zero-order valence-electron chi connectivity index (χ0n) is 16.1. The molecule has 2 heterocycles. The molecular formula is C21H33N3O2. The summed E-state index contributed by atoms with van der Waals surface area (Å²) in [5.74, 6) is 0.0134. The number of methoxy groups -OCH3 is 1. The molecule has 2 fully saturated rings. The minimum Gasteiger partial charge on any atom is -0.368 e. The fraction of sp³-hybridized carbons (Fsp3) is 0.667. The Hall–Kier alpha value is -1.43. The minimum atomic E-state index is -0.672. The van der Waals surface area contributed by atoms with E-state index in [1.165, 1.54) is 44.3 Å². The van der Waals surface area contributed by atoms with Crippen molar-refractivity contribution in [2.24, 2.45) is 0 Å². The second-order valence-corrected chi connectivity index (χ2v) is 7.64. The number of nitrogens with zero attached hydrogens (tertiary/aromatic N) is 1. The fourth-order valence-corrected chi connectivity index (χ4v) is 4.09. The van der Waals surface area contributed by atoms with E-state index in [0.29, 0.717) is 6.54 Å². The van der Waals surface area contributed by atoms with Gasteiger partial charge in [-0.15, -0.1) is 0 Å². The first kappa shape index (κ1) is 19.3. The van der Waals surface area contributed by atoms with E-state index in [1.54, 1.807) is 7.11 Å². The van der Waals surface area contributed by atoms with Crippen molar-refractivity contribution in [1.82, 2.24) is 15.5 Å². The Morgan fingerprint density at radius 2 is 1.85 bits per heavy atom. The average molecular weight is 360 g/mol. The number of carbonyl (C=O) groups excluding carboxylic acids is 1. The third-order valence-corrected chi connectivity index (χ3v) is 5.77. The van der Waals surface area contributed by atoms with Gasteiger partial charge in [0.25, 0.3) is 5.91 Å². The number of benzene rings is 1. The maximum absolute atomic E-state index is 12.7. The van der Waals surface area contributed by atoms with E-state index in [2.05, 4.69) is 39.8 Å². The highest BCUT2D eigenvalue weighted by Crippen LogP contribution is 2.23. The number of hydrogen-bond acceptors (Lipinski definition) is 4. The smallest absolute Gasteiger partial charge is 0.252 e. The number of carbonyl (C=O) groups is 1. The van der Waals surface area contributed by atoms with Gasteiger partial charge in [0.1, 0.15) is 5.60 Å². The van der Waals surface area contributed by atoms with Crippen LogP contribution in [0, 0.1) is 0 Å². The van der Waals surface area contributed by atoms with Crippen LogP contribution < -0.4 is 10.6 Å². The van der Waals surface area contributed by atoms with Crippen LogP contribution in [-0.4, -0.2) is 49.7 Å². The Morgan fingerprint density at radius 1 is 1.15 bits per heavy atom. The molecule has 5 nitrogen and oxygen atoms in total. The Morgan fingerprint density at radius 3 is 2.54 bits per heavy atom. The summed E-state index contributed by atoms with van der Waals surface area (Å²) in [6.45, 7) is 5.62. The van der Waals surface area contributed by atoms with Gasteiger partial charge in [0.2, 0.25) is 0 Å². The van der Waals surface area contributed by atoms with Crippen molar-refractivity contribution in [3.8, 4) is 0 Å². The molecule has 0 saturated carbocycles. The maximum atomic E-state index is 12.7. The van der Waals surface area contributed by atoms with Gasteiger partial charge in [-0.25, -0.2) is 0 Å². The molecule has 2 saturated heterocycles. The highest BCUT2D eigenvalue weighted by molar-refractivity contribution is 5.85. The van der Waals surface area contributed by atoms with E-state index >= 15 is 0 Å². The van der Waals surface area contributed by atoms with Crippen LogP contribution in [0.1, 0.15) is 49.7 Å². The maximum Gasteiger partial charge on any atom is 0.252 e. The monoisotopic (exact) mass is 359 g/mol. The van der Waals surface area contributed by atoms with Crippen LogP contribution in [0.5, 0.6) is 0 Å². The molecule has 144 valence electrons. The lowest BCUT2D eigenvalue weighted by Crippen LogP contribution is -2.53. The lowest BCUT2D eigenvalue weighted by atomic mass is 9.91. The van der Waals surface area contributed by atoms with E-state index < -0.39 is 5.60 Å². The van der Waals surface area contributed by atoms with E-state index in [1.807, 2.05) is 0 Å². The molecule has 1 aromatic carbocycles. The normalized spacial score (nSPS) is 21.1. The lowest BCUT2D eigenvalue weighted by molar-refractivity contribution is -0.146. The minimum absolute atomic E-state index is 0.0134. The Labute approximate surface area is 157 Å². The SMILES string of the molecule is COC1(C(=O)NCc2cccc(CN3CCCCCC3)c2)CCNCC1. The van der Waals surface area contributed by atoms with Crippen molar-refractivity contribution >= 4 is 5.91 Å². The van der Waals surface area contributed by atoms with Gasteiger partial charge < -0.3 is 15.4 Å². The molecule has 26 heavy (non-hydrogen) atoms. The quantitative estimate of drug-likeness (QED) is 0.819. The molecule has 2 aliphatic heterocycles. The molecule has 0 atom stereocenters. The van der Waals surface area contributed by atoms with Crippen LogP contribution in [0.15, 0.2) is 24.3 Å². The topological polar surface area (TPSA) is 53.6 Å². The van der Waals surface area contributed by atoms with Crippen molar-refractivity contribution in [2.45, 2.75) is 57.2 Å². The van der Waals surface area contributed by atoms with Crippen LogP contribution in [0.2, 0.25) is 0 Å². The third kappa shape index (κ3) is 5.06. The largest absolute Gasteiger partial charge is 0.368 e. The third-order valence-electron chi connectivity index (χ3n) is 5.77.